The second kappa shape index (κ2) is 11.1. The van der Waals surface area contributed by atoms with E-state index in [1.807, 2.05) is 31.2 Å². The number of non-ortho nitro benzene ring substituents is 1. The number of hydrogen-bond acceptors (Lipinski definition) is 5. The molecule has 166 valence electrons. The highest BCUT2D eigenvalue weighted by molar-refractivity contribution is 14.1. The third kappa shape index (κ3) is 6.63. The summed E-state index contributed by atoms with van der Waals surface area (Å²) in [4.78, 5) is 22.9. The summed E-state index contributed by atoms with van der Waals surface area (Å²) in [6.07, 6.45) is 1.45. The minimum absolute atomic E-state index is 0.141. The quantitative estimate of drug-likeness (QED) is 0.109. The van der Waals surface area contributed by atoms with Crippen LogP contribution in [0.15, 0.2) is 70.7 Å². The summed E-state index contributed by atoms with van der Waals surface area (Å²) in [5.41, 5.74) is 2.75. The molecule has 7 nitrogen and oxygen atoms in total. The number of nitro groups is 1. The van der Waals surface area contributed by atoms with Gasteiger partial charge < -0.3 is 10.1 Å². The van der Waals surface area contributed by atoms with Crippen LogP contribution < -0.4 is 10.1 Å². The highest BCUT2D eigenvalue weighted by atomic mass is 127. The van der Waals surface area contributed by atoms with E-state index in [1.165, 1.54) is 30.3 Å². The van der Waals surface area contributed by atoms with Gasteiger partial charge in [-0.2, -0.15) is 5.26 Å². The topological polar surface area (TPSA) is 105 Å². The lowest BCUT2D eigenvalue weighted by atomic mass is 10.1. The Balaban J connectivity index is 1.78. The molecule has 3 aromatic rings. The van der Waals surface area contributed by atoms with Crippen molar-refractivity contribution < 1.29 is 14.5 Å². The lowest BCUT2D eigenvalue weighted by Crippen LogP contribution is -2.13. The van der Waals surface area contributed by atoms with Crippen molar-refractivity contribution in [2.45, 2.75) is 13.5 Å². The number of nitro benzene ring substituents is 1. The van der Waals surface area contributed by atoms with Crippen molar-refractivity contribution in [2.75, 3.05) is 5.32 Å². The van der Waals surface area contributed by atoms with Gasteiger partial charge in [-0.3, -0.25) is 14.9 Å². The number of anilines is 1. The third-order valence-corrected chi connectivity index (χ3v) is 5.87. The smallest absolute Gasteiger partial charge is 0.271 e. The maximum atomic E-state index is 12.5. The van der Waals surface area contributed by atoms with Gasteiger partial charge in [-0.25, -0.2) is 0 Å². The lowest BCUT2D eigenvalue weighted by Gasteiger charge is -2.12. The highest BCUT2D eigenvalue weighted by Crippen LogP contribution is 2.33. The zero-order valence-corrected chi connectivity index (χ0v) is 21.1. The van der Waals surface area contributed by atoms with Gasteiger partial charge in [-0.15, -0.1) is 0 Å². The maximum Gasteiger partial charge on any atom is 0.271 e. The fourth-order valence-corrected chi connectivity index (χ4v) is 4.74. The molecule has 1 N–H and O–H groups in total. The summed E-state index contributed by atoms with van der Waals surface area (Å²) in [6.45, 7) is 2.42. The second-order valence-corrected chi connectivity index (χ2v) is 9.04. The molecule has 9 heteroatoms. The Hall–Kier alpha value is -3.23. The van der Waals surface area contributed by atoms with Gasteiger partial charge in [0.2, 0.25) is 0 Å². The summed E-state index contributed by atoms with van der Waals surface area (Å²) in [6, 6.07) is 19.0. The minimum atomic E-state index is -0.663. The first-order chi connectivity index (χ1) is 15.8. The predicted molar refractivity (Wildman–Crippen MR) is 138 cm³/mol. The third-order valence-electron chi connectivity index (χ3n) is 4.48. The van der Waals surface area contributed by atoms with E-state index >= 15 is 0 Å². The number of benzene rings is 3. The molecular weight excluding hydrogens is 601 g/mol. The first-order valence-electron chi connectivity index (χ1n) is 9.62. The number of aryl methyl sites for hydroxylation is 1. The largest absolute Gasteiger partial charge is 0.487 e. The number of halogens is 2. The number of amides is 1. The normalized spacial score (nSPS) is 10.9. The SMILES string of the molecule is Cc1cccc(COc2c(Br)cc(/C=C(\C#N)C(=O)Nc3cccc([N+](=O)[O-])c3)cc2I)c1. The summed E-state index contributed by atoms with van der Waals surface area (Å²) in [5, 5.41) is 22.9. The van der Waals surface area contributed by atoms with E-state index in [2.05, 4.69) is 49.9 Å². The standard InChI is InChI=1S/C24H17BrIN3O4/c1-15-4-2-5-16(8-15)14-33-23-21(25)10-17(11-22(23)26)9-18(13-27)24(30)28-19-6-3-7-20(12-19)29(31)32/h2-12H,14H2,1H3,(H,28,30)/b18-9+. The van der Waals surface area contributed by atoms with E-state index in [1.54, 1.807) is 12.1 Å². The van der Waals surface area contributed by atoms with Crippen LogP contribution >= 0.6 is 38.5 Å². The molecule has 0 unspecified atom stereocenters. The van der Waals surface area contributed by atoms with Crippen LogP contribution in [0.25, 0.3) is 6.08 Å². The van der Waals surface area contributed by atoms with Gasteiger partial charge in [0.1, 0.15) is 24.0 Å². The van der Waals surface area contributed by atoms with Crippen molar-refractivity contribution in [3.63, 3.8) is 0 Å². The number of nitrogens with zero attached hydrogens (tertiary/aromatic N) is 2. The Morgan fingerprint density at radius 1 is 1.24 bits per heavy atom. The summed E-state index contributed by atoms with van der Waals surface area (Å²) in [7, 11) is 0. The molecule has 0 fully saturated rings. The number of nitrogens with one attached hydrogen (secondary N) is 1. The minimum Gasteiger partial charge on any atom is -0.487 e. The Labute approximate surface area is 212 Å². The Morgan fingerprint density at radius 3 is 2.67 bits per heavy atom. The van der Waals surface area contributed by atoms with Crippen LogP contribution in [0.2, 0.25) is 0 Å². The van der Waals surface area contributed by atoms with Crippen LogP contribution in [0, 0.1) is 31.9 Å². The number of carbonyl (C=O) groups is 1. The fraction of sp³-hybridized carbons (Fsp3) is 0.0833. The van der Waals surface area contributed by atoms with Crippen LogP contribution in [0.1, 0.15) is 16.7 Å². The van der Waals surface area contributed by atoms with E-state index in [9.17, 15) is 20.2 Å². The Kier molecular flexibility index (Phi) is 8.19. The van der Waals surface area contributed by atoms with Crippen molar-refractivity contribution in [1.29, 1.82) is 5.26 Å². The zero-order chi connectivity index (χ0) is 24.0. The van der Waals surface area contributed by atoms with E-state index in [-0.39, 0.29) is 16.9 Å². The lowest BCUT2D eigenvalue weighted by molar-refractivity contribution is -0.384. The molecular formula is C24H17BrIN3O4. The number of hydrogen-bond donors (Lipinski definition) is 1. The van der Waals surface area contributed by atoms with Gasteiger partial charge >= 0.3 is 0 Å². The van der Waals surface area contributed by atoms with Crippen LogP contribution in [0.3, 0.4) is 0 Å². The van der Waals surface area contributed by atoms with Gasteiger partial charge in [0, 0.05) is 17.8 Å². The highest BCUT2D eigenvalue weighted by Gasteiger charge is 2.14. The number of rotatable bonds is 7. The van der Waals surface area contributed by atoms with Crippen molar-refractivity contribution in [3.8, 4) is 11.8 Å². The predicted octanol–water partition coefficient (Wildman–Crippen LogP) is 6.40. The number of carbonyl (C=O) groups excluding carboxylic acids is 1. The van der Waals surface area contributed by atoms with Gasteiger partial charge in [0.05, 0.1) is 13.0 Å². The van der Waals surface area contributed by atoms with E-state index in [0.717, 1.165) is 14.7 Å². The van der Waals surface area contributed by atoms with E-state index in [4.69, 9.17) is 4.74 Å². The Bertz CT molecular complexity index is 1280. The average Bonchev–Trinajstić information content (AvgIpc) is 2.77. The van der Waals surface area contributed by atoms with Crippen LogP contribution in [0.5, 0.6) is 5.75 Å². The molecule has 3 rings (SSSR count). The van der Waals surface area contributed by atoms with Crippen LogP contribution in [0.4, 0.5) is 11.4 Å². The summed E-state index contributed by atoms with van der Waals surface area (Å²) >= 11 is 5.64. The fourth-order valence-electron chi connectivity index (χ4n) is 2.97. The van der Waals surface area contributed by atoms with Crippen molar-refractivity contribution in [2.24, 2.45) is 0 Å². The zero-order valence-electron chi connectivity index (χ0n) is 17.3. The van der Waals surface area contributed by atoms with Crippen molar-refractivity contribution in [3.05, 3.63) is 101 Å². The van der Waals surface area contributed by atoms with E-state index < -0.39 is 10.8 Å². The van der Waals surface area contributed by atoms with Crippen LogP contribution in [-0.2, 0) is 11.4 Å². The van der Waals surface area contributed by atoms with Gasteiger partial charge in [-0.1, -0.05) is 35.9 Å². The average molecular weight is 618 g/mol. The molecule has 0 aliphatic rings. The summed E-state index contributed by atoms with van der Waals surface area (Å²) in [5.74, 6) is -0.00212. The summed E-state index contributed by atoms with van der Waals surface area (Å²) < 4.78 is 7.47. The molecule has 0 aromatic heterocycles. The molecule has 1 amide bonds. The molecule has 33 heavy (non-hydrogen) atoms. The molecule has 0 bridgehead atoms. The second-order valence-electron chi connectivity index (χ2n) is 7.02. The van der Waals surface area contributed by atoms with Crippen LogP contribution in [-0.4, -0.2) is 10.8 Å². The first kappa shape index (κ1) is 24.4. The molecule has 3 aromatic carbocycles. The molecule has 0 radical (unpaired) electrons. The monoisotopic (exact) mass is 617 g/mol. The molecule has 0 atom stereocenters. The molecule has 0 saturated carbocycles. The van der Waals surface area contributed by atoms with E-state index in [0.29, 0.717) is 22.4 Å². The molecule has 0 spiro atoms. The Morgan fingerprint density at radius 2 is 2.00 bits per heavy atom. The molecule has 0 aliphatic carbocycles. The molecule has 0 aliphatic heterocycles. The van der Waals surface area contributed by atoms with Crippen molar-refractivity contribution >= 4 is 61.9 Å². The number of nitriles is 1. The first-order valence-corrected chi connectivity index (χ1v) is 11.5. The maximum absolute atomic E-state index is 12.5. The molecule has 0 heterocycles. The van der Waals surface area contributed by atoms with Gasteiger partial charge in [0.15, 0.2) is 0 Å². The molecule has 0 saturated heterocycles. The van der Waals surface area contributed by atoms with Gasteiger partial charge in [-0.05, 0) is 80.8 Å². The van der Waals surface area contributed by atoms with Crippen molar-refractivity contribution in [1.82, 2.24) is 0 Å². The number of ether oxygens (including phenoxy) is 1. The van der Waals surface area contributed by atoms with Gasteiger partial charge in [0.25, 0.3) is 11.6 Å².